The van der Waals surface area contributed by atoms with E-state index in [-0.39, 0.29) is 11.3 Å². The highest BCUT2D eigenvalue weighted by Crippen LogP contribution is 2.20. The first-order chi connectivity index (χ1) is 12.9. The molecule has 0 unspecified atom stereocenters. The SMILES string of the molecule is O=C(COC(=O)c1cccc(N2C(=O)C=CC2=O)c1)Nc1cccc(I)c1. The summed E-state index contributed by atoms with van der Waals surface area (Å²) >= 11 is 2.12. The van der Waals surface area contributed by atoms with Crippen LogP contribution in [-0.2, 0) is 19.1 Å². The minimum atomic E-state index is -0.735. The number of hydrogen-bond acceptors (Lipinski definition) is 5. The molecule has 2 aromatic carbocycles. The van der Waals surface area contributed by atoms with Crippen molar-refractivity contribution in [3.05, 3.63) is 69.8 Å². The summed E-state index contributed by atoms with van der Waals surface area (Å²) in [6.07, 6.45) is 2.31. The highest BCUT2D eigenvalue weighted by Gasteiger charge is 2.25. The normalized spacial score (nSPS) is 13.0. The van der Waals surface area contributed by atoms with E-state index in [4.69, 9.17) is 4.74 Å². The standard InChI is InChI=1S/C19H13IN2O5/c20-13-4-2-5-14(10-13)21-16(23)11-27-19(26)12-3-1-6-15(9-12)22-17(24)7-8-18(22)25/h1-10H,11H2,(H,21,23). The van der Waals surface area contributed by atoms with Crippen LogP contribution in [0.5, 0.6) is 0 Å². The number of carbonyl (C=O) groups is 4. The zero-order valence-electron chi connectivity index (χ0n) is 13.8. The lowest BCUT2D eigenvalue weighted by Gasteiger charge is -2.14. The van der Waals surface area contributed by atoms with Crippen molar-refractivity contribution >= 4 is 57.7 Å². The van der Waals surface area contributed by atoms with E-state index >= 15 is 0 Å². The zero-order chi connectivity index (χ0) is 19.4. The Bertz CT molecular complexity index is 952. The quantitative estimate of drug-likeness (QED) is 0.407. The monoisotopic (exact) mass is 476 g/mol. The van der Waals surface area contributed by atoms with Gasteiger partial charge < -0.3 is 10.1 Å². The molecule has 0 spiro atoms. The van der Waals surface area contributed by atoms with Crippen LogP contribution in [0, 0.1) is 3.57 Å². The average Bonchev–Trinajstić information content (AvgIpc) is 2.98. The second-order valence-electron chi connectivity index (χ2n) is 5.53. The number of rotatable bonds is 5. The maximum atomic E-state index is 12.2. The molecule has 0 radical (unpaired) electrons. The van der Waals surface area contributed by atoms with Gasteiger partial charge in [0.2, 0.25) is 0 Å². The van der Waals surface area contributed by atoms with Crippen LogP contribution in [0.25, 0.3) is 0 Å². The summed E-state index contributed by atoms with van der Waals surface area (Å²) < 4.78 is 5.96. The van der Waals surface area contributed by atoms with Crippen LogP contribution < -0.4 is 10.2 Å². The van der Waals surface area contributed by atoms with Crippen LogP contribution in [-0.4, -0.2) is 30.3 Å². The van der Waals surface area contributed by atoms with E-state index in [0.717, 1.165) is 20.6 Å². The van der Waals surface area contributed by atoms with Gasteiger partial charge in [-0.2, -0.15) is 0 Å². The molecule has 0 aromatic heterocycles. The van der Waals surface area contributed by atoms with Gasteiger partial charge in [0.15, 0.2) is 6.61 Å². The number of amides is 3. The average molecular weight is 476 g/mol. The van der Waals surface area contributed by atoms with Crippen molar-refractivity contribution in [1.29, 1.82) is 0 Å². The number of halogens is 1. The van der Waals surface area contributed by atoms with E-state index in [2.05, 4.69) is 27.9 Å². The highest BCUT2D eigenvalue weighted by molar-refractivity contribution is 14.1. The van der Waals surface area contributed by atoms with Gasteiger partial charge in [-0.1, -0.05) is 12.1 Å². The number of anilines is 2. The minimum Gasteiger partial charge on any atom is -0.452 e. The van der Waals surface area contributed by atoms with Crippen LogP contribution in [0.15, 0.2) is 60.7 Å². The second kappa shape index (κ2) is 8.12. The molecule has 1 aliphatic heterocycles. The van der Waals surface area contributed by atoms with Gasteiger partial charge in [-0.15, -0.1) is 0 Å². The molecule has 0 bridgehead atoms. The highest BCUT2D eigenvalue weighted by atomic mass is 127. The molecule has 136 valence electrons. The van der Waals surface area contributed by atoms with Gasteiger partial charge >= 0.3 is 5.97 Å². The molecule has 27 heavy (non-hydrogen) atoms. The smallest absolute Gasteiger partial charge is 0.338 e. The summed E-state index contributed by atoms with van der Waals surface area (Å²) in [5.41, 5.74) is 0.985. The van der Waals surface area contributed by atoms with Gasteiger partial charge in [0, 0.05) is 21.4 Å². The summed E-state index contributed by atoms with van der Waals surface area (Å²) in [4.78, 5) is 48.5. The lowest BCUT2D eigenvalue weighted by Crippen LogP contribution is -2.29. The second-order valence-corrected chi connectivity index (χ2v) is 6.78. The molecule has 0 saturated carbocycles. The van der Waals surface area contributed by atoms with Gasteiger partial charge in [0.05, 0.1) is 11.3 Å². The van der Waals surface area contributed by atoms with Crippen LogP contribution in [0.3, 0.4) is 0 Å². The fourth-order valence-corrected chi connectivity index (χ4v) is 2.95. The Balaban J connectivity index is 1.61. The van der Waals surface area contributed by atoms with E-state index in [1.54, 1.807) is 18.2 Å². The molecule has 0 atom stereocenters. The summed E-state index contributed by atoms with van der Waals surface area (Å²) in [5, 5.41) is 2.63. The van der Waals surface area contributed by atoms with Crippen molar-refractivity contribution in [2.45, 2.75) is 0 Å². The predicted molar refractivity (Wildman–Crippen MR) is 106 cm³/mol. The van der Waals surface area contributed by atoms with Gasteiger partial charge in [0.1, 0.15) is 0 Å². The van der Waals surface area contributed by atoms with Crippen molar-refractivity contribution in [1.82, 2.24) is 0 Å². The van der Waals surface area contributed by atoms with E-state index in [1.807, 2.05) is 6.07 Å². The number of carbonyl (C=O) groups excluding carboxylic acids is 4. The van der Waals surface area contributed by atoms with Crippen molar-refractivity contribution in [2.24, 2.45) is 0 Å². The lowest BCUT2D eigenvalue weighted by atomic mass is 10.2. The molecule has 1 heterocycles. The van der Waals surface area contributed by atoms with Crippen molar-refractivity contribution in [3.63, 3.8) is 0 Å². The van der Waals surface area contributed by atoms with Gasteiger partial charge in [0.25, 0.3) is 17.7 Å². The fourth-order valence-electron chi connectivity index (χ4n) is 2.40. The van der Waals surface area contributed by atoms with E-state index in [1.165, 1.54) is 24.3 Å². The topological polar surface area (TPSA) is 92.8 Å². The Morgan fingerprint density at radius 3 is 2.41 bits per heavy atom. The molecular weight excluding hydrogens is 463 g/mol. The number of imide groups is 1. The van der Waals surface area contributed by atoms with Crippen LogP contribution >= 0.6 is 22.6 Å². The molecule has 3 amide bonds. The summed E-state index contributed by atoms with van der Waals surface area (Å²) in [6, 6.07) is 13.1. The first-order valence-corrected chi connectivity index (χ1v) is 8.90. The van der Waals surface area contributed by atoms with E-state index in [0.29, 0.717) is 5.69 Å². The molecule has 3 rings (SSSR count). The molecule has 7 nitrogen and oxygen atoms in total. The van der Waals surface area contributed by atoms with Crippen molar-refractivity contribution in [3.8, 4) is 0 Å². The third-order valence-electron chi connectivity index (χ3n) is 3.59. The molecule has 1 N–H and O–H groups in total. The molecule has 2 aromatic rings. The van der Waals surface area contributed by atoms with Gasteiger partial charge in [-0.3, -0.25) is 14.4 Å². The maximum absolute atomic E-state index is 12.2. The number of nitrogens with one attached hydrogen (secondary N) is 1. The first kappa shape index (κ1) is 18.8. The summed E-state index contributed by atoms with van der Waals surface area (Å²) in [5.74, 6) is -2.18. The summed E-state index contributed by atoms with van der Waals surface area (Å²) in [7, 11) is 0. The number of esters is 1. The lowest BCUT2D eigenvalue weighted by molar-refractivity contribution is -0.120. The van der Waals surface area contributed by atoms with Crippen LogP contribution in [0.1, 0.15) is 10.4 Å². The third kappa shape index (κ3) is 4.59. The fraction of sp³-hybridized carbons (Fsp3) is 0.0526. The summed E-state index contributed by atoms with van der Waals surface area (Å²) in [6.45, 7) is -0.461. The molecular formula is C19H13IN2O5. The zero-order valence-corrected chi connectivity index (χ0v) is 16.0. The van der Waals surface area contributed by atoms with E-state index in [9.17, 15) is 19.2 Å². The molecule has 1 aliphatic rings. The van der Waals surface area contributed by atoms with Crippen LogP contribution in [0.4, 0.5) is 11.4 Å². The molecule has 0 saturated heterocycles. The predicted octanol–water partition coefficient (Wildman–Crippen LogP) is 2.52. The van der Waals surface area contributed by atoms with E-state index < -0.39 is 30.3 Å². The van der Waals surface area contributed by atoms with Gasteiger partial charge in [-0.25, -0.2) is 9.69 Å². The molecule has 8 heteroatoms. The Labute approximate surface area is 168 Å². The number of ether oxygens (including phenoxy) is 1. The molecule has 0 fully saturated rings. The maximum Gasteiger partial charge on any atom is 0.338 e. The Hall–Kier alpha value is -3.01. The minimum absolute atomic E-state index is 0.127. The first-order valence-electron chi connectivity index (χ1n) is 7.83. The van der Waals surface area contributed by atoms with Gasteiger partial charge in [-0.05, 0) is 59.0 Å². The molecule has 0 aliphatic carbocycles. The number of benzene rings is 2. The third-order valence-corrected chi connectivity index (χ3v) is 4.26. The van der Waals surface area contributed by atoms with Crippen molar-refractivity contribution < 1.29 is 23.9 Å². The Morgan fingerprint density at radius 2 is 1.70 bits per heavy atom. The largest absolute Gasteiger partial charge is 0.452 e. The Morgan fingerprint density at radius 1 is 1.00 bits per heavy atom. The number of hydrogen-bond donors (Lipinski definition) is 1. The Kier molecular flexibility index (Phi) is 5.65. The van der Waals surface area contributed by atoms with Crippen LogP contribution in [0.2, 0.25) is 0 Å². The van der Waals surface area contributed by atoms with Crippen molar-refractivity contribution in [2.75, 3.05) is 16.8 Å². The number of nitrogens with zero attached hydrogens (tertiary/aromatic N) is 1.